The summed E-state index contributed by atoms with van der Waals surface area (Å²) >= 11 is 0. The first kappa shape index (κ1) is 20.8. The minimum absolute atomic E-state index is 0.0598. The molecule has 0 fully saturated rings. The van der Waals surface area contributed by atoms with Crippen molar-refractivity contribution in [3.63, 3.8) is 0 Å². The molecule has 2 aromatic carbocycles. The number of carbonyl (C=O) groups is 3. The highest BCUT2D eigenvalue weighted by atomic mass is 16.5. The second-order valence-electron chi connectivity index (χ2n) is 5.87. The van der Waals surface area contributed by atoms with Crippen LogP contribution in [-0.4, -0.2) is 37.1 Å². The van der Waals surface area contributed by atoms with Gasteiger partial charge in [0, 0.05) is 30.5 Å². The van der Waals surface area contributed by atoms with E-state index in [1.165, 1.54) is 20.3 Å². The van der Waals surface area contributed by atoms with Crippen molar-refractivity contribution in [3.05, 3.63) is 48.0 Å². The van der Waals surface area contributed by atoms with Gasteiger partial charge in [0.05, 0.1) is 25.6 Å². The number of amides is 2. The molecule has 8 nitrogen and oxygen atoms in total. The molecule has 148 valence electrons. The maximum atomic E-state index is 12.4. The average molecular weight is 386 g/mol. The van der Waals surface area contributed by atoms with Crippen molar-refractivity contribution >= 4 is 29.2 Å². The van der Waals surface area contributed by atoms with Crippen LogP contribution >= 0.6 is 0 Å². The minimum atomic E-state index is -0.953. The maximum Gasteiger partial charge on any atom is 0.303 e. The third-order valence-corrected chi connectivity index (χ3v) is 3.87. The average Bonchev–Trinajstić information content (AvgIpc) is 2.69. The van der Waals surface area contributed by atoms with Crippen LogP contribution in [0.3, 0.4) is 0 Å². The van der Waals surface area contributed by atoms with Crippen LogP contribution in [-0.2, 0) is 9.59 Å². The van der Waals surface area contributed by atoms with Gasteiger partial charge < -0.3 is 25.2 Å². The third kappa shape index (κ3) is 5.73. The first-order valence-corrected chi connectivity index (χ1v) is 8.58. The quantitative estimate of drug-likeness (QED) is 0.610. The number of hydrogen-bond acceptors (Lipinski definition) is 5. The molecule has 0 heterocycles. The van der Waals surface area contributed by atoms with Crippen LogP contribution in [0.1, 0.15) is 29.6 Å². The number of rotatable bonds is 9. The molecule has 0 spiro atoms. The Labute approximate surface area is 162 Å². The summed E-state index contributed by atoms with van der Waals surface area (Å²) in [5.41, 5.74) is 1.23. The summed E-state index contributed by atoms with van der Waals surface area (Å²) in [6.45, 7) is 0. The normalized spacial score (nSPS) is 10.1. The Morgan fingerprint density at radius 2 is 1.46 bits per heavy atom. The molecule has 0 saturated heterocycles. The Bertz CT molecular complexity index is 851. The topological polar surface area (TPSA) is 114 Å². The van der Waals surface area contributed by atoms with Gasteiger partial charge in [-0.25, -0.2) is 0 Å². The molecule has 0 atom stereocenters. The van der Waals surface area contributed by atoms with E-state index in [1.54, 1.807) is 30.3 Å². The predicted octanol–water partition coefficient (Wildman–Crippen LogP) is 3.15. The lowest BCUT2D eigenvalue weighted by molar-refractivity contribution is -0.137. The number of aliphatic carboxylic acids is 1. The fraction of sp³-hybridized carbons (Fsp3) is 0.250. The number of anilines is 2. The van der Waals surface area contributed by atoms with Gasteiger partial charge in [0.15, 0.2) is 0 Å². The smallest absolute Gasteiger partial charge is 0.303 e. The van der Waals surface area contributed by atoms with Crippen LogP contribution in [0.25, 0.3) is 0 Å². The molecule has 0 saturated carbocycles. The lowest BCUT2D eigenvalue weighted by atomic mass is 10.2. The molecule has 0 aromatic heterocycles. The Morgan fingerprint density at radius 3 is 2.00 bits per heavy atom. The van der Waals surface area contributed by atoms with Gasteiger partial charge in [0.1, 0.15) is 11.5 Å². The van der Waals surface area contributed by atoms with E-state index in [1.807, 2.05) is 6.07 Å². The van der Waals surface area contributed by atoms with E-state index in [0.29, 0.717) is 28.4 Å². The predicted molar refractivity (Wildman–Crippen MR) is 104 cm³/mol. The molecule has 3 N–H and O–H groups in total. The molecule has 0 aliphatic carbocycles. The zero-order valence-electron chi connectivity index (χ0n) is 15.7. The zero-order chi connectivity index (χ0) is 20.5. The van der Waals surface area contributed by atoms with E-state index in [0.717, 1.165) is 0 Å². The maximum absolute atomic E-state index is 12.4. The highest BCUT2D eigenvalue weighted by Gasteiger charge is 2.16. The molecule has 8 heteroatoms. The Morgan fingerprint density at radius 1 is 0.893 bits per heavy atom. The van der Waals surface area contributed by atoms with Crippen molar-refractivity contribution in [1.29, 1.82) is 0 Å². The van der Waals surface area contributed by atoms with E-state index < -0.39 is 5.97 Å². The summed E-state index contributed by atoms with van der Waals surface area (Å²) in [4.78, 5) is 35.0. The van der Waals surface area contributed by atoms with E-state index in [9.17, 15) is 14.4 Å². The summed E-state index contributed by atoms with van der Waals surface area (Å²) in [6.07, 6.45) is 0.203. The van der Waals surface area contributed by atoms with Crippen LogP contribution in [0.2, 0.25) is 0 Å². The van der Waals surface area contributed by atoms with Crippen molar-refractivity contribution in [3.8, 4) is 11.5 Å². The molecular weight excluding hydrogens is 364 g/mol. The third-order valence-electron chi connectivity index (χ3n) is 3.87. The van der Waals surface area contributed by atoms with E-state index in [-0.39, 0.29) is 31.1 Å². The molecule has 2 rings (SSSR count). The molecule has 0 bridgehead atoms. The minimum Gasteiger partial charge on any atom is -0.494 e. The van der Waals surface area contributed by atoms with Gasteiger partial charge in [-0.15, -0.1) is 0 Å². The molecule has 0 unspecified atom stereocenters. The molecule has 2 amide bonds. The van der Waals surface area contributed by atoms with Crippen LogP contribution in [0.5, 0.6) is 11.5 Å². The standard InChI is InChI=1S/C20H22N2O6/c1-27-16-12-15(22-20(26)13-7-4-3-5-8-13)17(28-2)11-14(16)21-18(23)9-6-10-19(24)25/h3-5,7-8,11-12H,6,9-10H2,1-2H3,(H,21,23)(H,22,26)(H,24,25). The number of ether oxygens (including phenoxy) is 2. The highest BCUT2D eigenvalue weighted by Crippen LogP contribution is 2.36. The van der Waals surface area contributed by atoms with Gasteiger partial charge in [-0.3, -0.25) is 14.4 Å². The van der Waals surface area contributed by atoms with Crippen molar-refractivity contribution < 1.29 is 29.0 Å². The van der Waals surface area contributed by atoms with Crippen LogP contribution in [0.15, 0.2) is 42.5 Å². The summed E-state index contributed by atoms with van der Waals surface area (Å²) in [5, 5.41) is 14.1. The largest absolute Gasteiger partial charge is 0.494 e. The Balaban J connectivity index is 2.17. The Hall–Kier alpha value is -3.55. The molecule has 0 aliphatic rings. The van der Waals surface area contributed by atoms with E-state index >= 15 is 0 Å². The van der Waals surface area contributed by atoms with Gasteiger partial charge in [-0.1, -0.05) is 18.2 Å². The van der Waals surface area contributed by atoms with Crippen molar-refractivity contribution in [1.82, 2.24) is 0 Å². The van der Waals surface area contributed by atoms with Gasteiger partial charge in [0.25, 0.3) is 5.91 Å². The fourth-order valence-corrected chi connectivity index (χ4v) is 2.49. The summed E-state index contributed by atoms with van der Waals surface area (Å²) in [6, 6.07) is 11.8. The summed E-state index contributed by atoms with van der Waals surface area (Å²) in [7, 11) is 2.88. The number of carboxylic acids is 1. The molecule has 0 radical (unpaired) electrons. The van der Waals surface area contributed by atoms with Gasteiger partial charge in [-0.05, 0) is 18.6 Å². The second kappa shape index (κ2) is 9.96. The lowest BCUT2D eigenvalue weighted by Crippen LogP contribution is -2.15. The molecular formula is C20H22N2O6. The van der Waals surface area contributed by atoms with Crippen molar-refractivity contribution in [2.75, 3.05) is 24.9 Å². The van der Waals surface area contributed by atoms with Crippen LogP contribution in [0, 0.1) is 0 Å². The SMILES string of the molecule is COc1cc(NC(=O)c2ccccc2)c(OC)cc1NC(=O)CCCC(=O)O. The Kier molecular flexibility index (Phi) is 7.38. The monoisotopic (exact) mass is 386 g/mol. The number of hydrogen-bond donors (Lipinski definition) is 3. The van der Waals surface area contributed by atoms with Gasteiger partial charge in [-0.2, -0.15) is 0 Å². The van der Waals surface area contributed by atoms with Gasteiger partial charge >= 0.3 is 5.97 Å². The number of carboxylic acid groups (broad SMARTS) is 1. The van der Waals surface area contributed by atoms with E-state index in [2.05, 4.69) is 10.6 Å². The van der Waals surface area contributed by atoms with Gasteiger partial charge in [0.2, 0.25) is 5.91 Å². The number of benzene rings is 2. The molecule has 0 aliphatic heterocycles. The highest BCUT2D eigenvalue weighted by molar-refractivity contribution is 6.05. The summed E-state index contributed by atoms with van der Waals surface area (Å²) in [5.74, 6) is -0.943. The fourth-order valence-electron chi connectivity index (χ4n) is 2.49. The number of nitrogens with one attached hydrogen (secondary N) is 2. The lowest BCUT2D eigenvalue weighted by Gasteiger charge is -2.16. The number of carbonyl (C=O) groups excluding carboxylic acids is 2. The molecule has 2 aromatic rings. The van der Waals surface area contributed by atoms with E-state index in [4.69, 9.17) is 14.6 Å². The van der Waals surface area contributed by atoms with Crippen LogP contribution in [0.4, 0.5) is 11.4 Å². The first-order valence-electron chi connectivity index (χ1n) is 8.58. The number of methoxy groups -OCH3 is 2. The first-order chi connectivity index (χ1) is 13.4. The zero-order valence-corrected chi connectivity index (χ0v) is 15.7. The van der Waals surface area contributed by atoms with Crippen LogP contribution < -0.4 is 20.1 Å². The van der Waals surface area contributed by atoms with Crippen molar-refractivity contribution in [2.24, 2.45) is 0 Å². The van der Waals surface area contributed by atoms with Crippen molar-refractivity contribution in [2.45, 2.75) is 19.3 Å². The second-order valence-corrected chi connectivity index (χ2v) is 5.87. The molecule has 28 heavy (non-hydrogen) atoms. The summed E-state index contributed by atoms with van der Waals surface area (Å²) < 4.78 is 10.6.